The summed E-state index contributed by atoms with van der Waals surface area (Å²) in [5.74, 6) is -0.0215. The first kappa shape index (κ1) is 10.5. The first-order chi connectivity index (χ1) is 8.31. The van der Waals surface area contributed by atoms with Gasteiger partial charge in [0.1, 0.15) is 5.01 Å². The SMILES string of the molecule is O=C(/C=C/c1nc2ccccc2s1)NC1CC1. The minimum Gasteiger partial charge on any atom is -0.350 e. The Hall–Kier alpha value is -1.68. The van der Waals surface area contributed by atoms with Crippen LogP contribution in [0.15, 0.2) is 30.3 Å². The first-order valence-electron chi connectivity index (χ1n) is 5.65. The molecule has 0 atom stereocenters. The number of benzene rings is 1. The lowest BCUT2D eigenvalue weighted by Crippen LogP contribution is -2.22. The molecular formula is C13H12N2OS. The highest BCUT2D eigenvalue weighted by molar-refractivity contribution is 7.19. The van der Waals surface area contributed by atoms with Crippen LogP contribution in [0.4, 0.5) is 0 Å². The van der Waals surface area contributed by atoms with Crippen molar-refractivity contribution in [2.75, 3.05) is 0 Å². The van der Waals surface area contributed by atoms with Gasteiger partial charge in [-0.05, 0) is 31.1 Å². The van der Waals surface area contributed by atoms with Crippen LogP contribution in [0.1, 0.15) is 17.8 Å². The topological polar surface area (TPSA) is 42.0 Å². The van der Waals surface area contributed by atoms with Gasteiger partial charge < -0.3 is 5.32 Å². The Morgan fingerprint density at radius 1 is 1.41 bits per heavy atom. The highest BCUT2D eigenvalue weighted by Gasteiger charge is 2.22. The Balaban J connectivity index is 1.74. The molecule has 1 aromatic carbocycles. The van der Waals surface area contributed by atoms with Crippen LogP contribution in [0, 0.1) is 0 Å². The molecule has 0 bridgehead atoms. The van der Waals surface area contributed by atoms with E-state index in [4.69, 9.17) is 0 Å². The number of carbonyl (C=O) groups is 1. The van der Waals surface area contributed by atoms with Gasteiger partial charge in [-0.15, -0.1) is 11.3 Å². The summed E-state index contributed by atoms with van der Waals surface area (Å²) in [5, 5.41) is 3.78. The molecule has 1 fully saturated rings. The van der Waals surface area contributed by atoms with Crippen LogP contribution in [0.25, 0.3) is 16.3 Å². The Bertz CT molecular complexity index is 551. The molecule has 0 saturated heterocycles. The van der Waals surface area contributed by atoms with Gasteiger partial charge in [-0.2, -0.15) is 0 Å². The second-order valence-corrected chi connectivity index (χ2v) is 5.20. The monoisotopic (exact) mass is 244 g/mol. The molecule has 3 rings (SSSR count). The van der Waals surface area contributed by atoms with E-state index in [0.717, 1.165) is 28.1 Å². The summed E-state index contributed by atoms with van der Waals surface area (Å²) in [6, 6.07) is 8.38. The summed E-state index contributed by atoms with van der Waals surface area (Å²) in [6.45, 7) is 0. The molecule has 1 saturated carbocycles. The number of nitrogens with zero attached hydrogens (tertiary/aromatic N) is 1. The molecule has 3 nitrogen and oxygen atoms in total. The molecule has 1 aliphatic rings. The van der Waals surface area contributed by atoms with Crippen LogP contribution in [0.2, 0.25) is 0 Å². The van der Waals surface area contributed by atoms with Gasteiger partial charge in [-0.1, -0.05) is 12.1 Å². The second kappa shape index (κ2) is 4.30. The molecule has 86 valence electrons. The number of carbonyl (C=O) groups excluding carboxylic acids is 1. The van der Waals surface area contributed by atoms with E-state index in [2.05, 4.69) is 10.3 Å². The smallest absolute Gasteiger partial charge is 0.244 e. The van der Waals surface area contributed by atoms with Crippen molar-refractivity contribution in [1.29, 1.82) is 0 Å². The molecule has 0 spiro atoms. The average Bonchev–Trinajstić information content (AvgIpc) is 3.03. The molecule has 1 heterocycles. The van der Waals surface area contributed by atoms with Crippen LogP contribution in [0.5, 0.6) is 0 Å². The zero-order valence-electron chi connectivity index (χ0n) is 9.22. The number of rotatable bonds is 3. The van der Waals surface area contributed by atoms with Gasteiger partial charge in [0.2, 0.25) is 5.91 Å². The van der Waals surface area contributed by atoms with Gasteiger partial charge in [0.25, 0.3) is 0 Å². The van der Waals surface area contributed by atoms with Crippen molar-refractivity contribution in [2.45, 2.75) is 18.9 Å². The van der Waals surface area contributed by atoms with Crippen LogP contribution >= 0.6 is 11.3 Å². The Morgan fingerprint density at radius 3 is 3.00 bits per heavy atom. The molecular weight excluding hydrogens is 232 g/mol. The largest absolute Gasteiger partial charge is 0.350 e. The Labute approximate surface area is 103 Å². The van der Waals surface area contributed by atoms with Crippen molar-refractivity contribution >= 4 is 33.5 Å². The molecule has 0 radical (unpaired) electrons. The molecule has 17 heavy (non-hydrogen) atoms. The number of nitrogens with one attached hydrogen (secondary N) is 1. The van der Waals surface area contributed by atoms with E-state index in [9.17, 15) is 4.79 Å². The second-order valence-electron chi connectivity index (χ2n) is 4.14. The van der Waals surface area contributed by atoms with Crippen LogP contribution in [-0.4, -0.2) is 16.9 Å². The van der Waals surface area contributed by atoms with E-state index in [-0.39, 0.29) is 5.91 Å². The maximum Gasteiger partial charge on any atom is 0.244 e. The van der Waals surface area contributed by atoms with Crippen molar-refractivity contribution in [3.8, 4) is 0 Å². The normalized spacial score (nSPS) is 15.5. The minimum absolute atomic E-state index is 0.0215. The fourth-order valence-electron chi connectivity index (χ4n) is 1.59. The van der Waals surface area contributed by atoms with Crippen molar-refractivity contribution in [2.24, 2.45) is 0 Å². The van der Waals surface area contributed by atoms with Crippen molar-refractivity contribution in [1.82, 2.24) is 10.3 Å². The summed E-state index contributed by atoms with van der Waals surface area (Å²) < 4.78 is 1.15. The molecule has 1 aromatic heterocycles. The van der Waals surface area contributed by atoms with E-state index in [1.165, 1.54) is 0 Å². The summed E-state index contributed by atoms with van der Waals surface area (Å²) >= 11 is 1.60. The lowest BCUT2D eigenvalue weighted by Gasteiger charge is -1.95. The van der Waals surface area contributed by atoms with E-state index in [1.807, 2.05) is 24.3 Å². The number of hydrogen-bond acceptors (Lipinski definition) is 3. The predicted molar refractivity (Wildman–Crippen MR) is 69.8 cm³/mol. The lowest BCUT2D eigenvalue weighted by atomic mass is 10.3. The fraction of sp³-hybridized carbons (Fsp3) is 0.231. The maximum absolute atomic E-state index is 11.5. The lowest BCUT2D eigenvalue weighted by molar-refractivity contribution is -0.116. The number of fused-ring (bicyclic) bond motifs is 1. The standard InChI is InChI=1S/C13H12N2OS/c16-12(14-9-5-6-9)7-8-13-15-10-3-1-2-4-11(10)17-13/h1-4,7-9H,5-6H2,(H,14,16)/b8-7+. The van der Waals surface area contributed by atoms with Gasteiger partial charge in [-0.25, -0.2) is 4.98 Å². The molecule has 1 amide bonds. The predicted octanol–water partition coefficient (Wildman–Crippen LogP) is 2.59. The van der Waals surface area contributed by atoms with Crippen molar-refractivity contribution < 1.29 is 4.79 Å². The third kappa shape index (κ3) is 2.53. The maximum atomic E-state index is 11.5. The average molecular weight is 244 g/mol. The number of amides is 1. The van der Waals surface area contributed by atoms with E-state index in [1.54, 1.807) is 23.5 Å². The molecule has 4 heteroatoms. The number of aromatic nitrogens is 1. The van der Waals surface area contributed by atoms with Crippen LogP contribution in [0.3, 0.4) is 0 Å². The van der Waals surface area contributed by atoms with Gasteiger partial charge in [0, 0.05) is 12.1 Å². The van der Waals surface area contributed by atoms with E-state index in [0.29, 0.717) is 6.04 Å². The molecule has 1 aliphatic carbocycles. The molecule has 0 unspecified atom stereocenters. The molecule has 0 aliphatic heterocycles. The van der Waals surface area contributed by atoms with Gasteiger partial charge in [-0.3, -0.25) is 4.79 Å². The van der Waals surface area contributed by atoms with Crippen LogP contribution in [-0.2, 0) is 4.79 Å². The first-order valence-corrected chi connectivity index (χ1v) is 6.47. The number of para-hydroxylation sites is 1. The van der Waals surface area contributed by atoms with Crippen molar-refractivity contribution in [3.05, 3.63) is 35.3 Å². The quantitative estimate of drug-likeness (QED) is 0.843. The summed E-state index contributed by atoms with van der Waals surface area (Å²) in [4.78, 5) is 15.9. The Morgan fingerprint density at radius 2 is 2.24 bits per heavy atom. The number of thiazole rings is 1. The van der Waals surface area contributed by atoms with Gasteiger partial charge in [0.05, 0.1) is 10.2 Å². The molecule has 2 aromatic rings. The third-order valence-corrected chi connectivity index (χ3v) is 3.61. The van der Waals surface area contributed by atoms with E-state index >= 15 is 0 Å². The highest BCUT2D eigenvalue weighted by Crippen LogP contribution is 2.22. The molecule has 1 N–H and O–H groups in total. The minimum atomic E-state index is -0.0215. The highest BCUT2D eigenvalue weighted by atomic mass is 32.1. The summed E-state index contributed by atoms with van der Waals surface area (Å²) in [5.41, 5.74) is 0.986. The number of hydrogen-bond donors (Lipinski definition) is 1. The fourth-order valence-corrected chi connectivity index (χ4v) is 2.46. The Kier molecular flexibility index (Phi) is 2.65. The van der Waals surface area contributed by atoms with Gasteiger partial charge in [0.15, 0.2) is 0 Å². The summed E-state index contributed by atoms with van der Waals surface area (Å²) in [6.07, 6.45) is 5.57. The summed E-state index contributed by atoms with van der Waals surface area (Å²) in [7, 11) is 0. The van der Waals surface area contributed by atoms with E-state index < -0.39 is 0 Å². The van der Waals surface area contributed by atoms with Gasteiger partial charge >= 0.3 is 0 Å². The zero-order chi connectivity index (χ0) is 11.7. The third-order valence-electron chi connectivity index (χ3n) is 2.61. The van der Waals surface area contributed by atoms with Crippen LogP contribution < -0.4 is 5.32 Å². The van der Waals surface area contributed by atoms with Crippen molar-refractivity contribution in [3.63, 3.8) is 0 Å². The zero-order valence-corrected chi connectivity index (χ0v) is 10.0.